The Morgan fingerprint density at radius 1 is 1.06 bits per heavy atom. The SMILES string of the molecule is Cc1ccc2c(c1)ncn2CCc1ccccc1. The summed E-state index contributed by atoms with van der Waals surface area (Å²) in [5.74, 6) is 0. The maximum absolute atomic E-state index is 4.45. The molecule has 0 aliphatic rings. The number of aryl methyl sites for hydroxylation is 3. The summed E-state index contributed by atoms with van der Waals surface area (Å²) in [4.78, 5) is 4.45. The number of nitrogens with zero attached hydrogens (tertiary/aromatic N) is 2. The molecule has 0 unspecified atom stereocenters. The van der Waals surface area contributed by atoms with Crippen molar-refractivity contribution in [1.82, 2.24) is 9.55 Å². The van der Waals surface area contributed by atoms with Crippen LogP contribution in [0.3, 0.4) is 0 Å². The summed E-state index contributed by atoms with van der Waals surface area (Å²) in [6.45, 7) is 3.08. The minimum absolute atomic E-state index is 0.976. The minimum atomic E-state index is 0.976. The van der Waals surface area contributed by atoms with E-state index in [-0.39, 0.29) is 0 Å². The lowest BCUT2D eigenvalue weighted by Crippen LogP contribution is -1.99. The van der Waals surface area contributed by atoms with Gasteiger partial charge in [0.1, 0.15) is 0 Å². The Kier molecular flexibility index (Phi) is 2.85. The van der Waals surface area contributed by atoms with Gasteiger partial charge in [0.05, 0.1) is 17.4 Å². The number of aromatic nitrogens is 2. The molecule has 0 aliphatic heterocycles. The van der Waals surface area contributed by atoms with Gasteiger partial charge in [-0.25, -0.2) is 4.98 Å². The van der Waals surface area contributed by atoms with Crippen LogP contribution in [0.25, 0.3) is 11.0 Å². The molecule has 0 fully saturated rings. The van der Waals surface area contributed by atoms with Crippen LogP contribution < -0.4 is 0 Å². The fourth-order valence-electron chi connectivity index (χ4n) is 2.25. The van der Waals surface area contributed by atoms with E-state index in [0.717, 1.165) is 18.5 Å². The predicted molar refractivity (Wildman–Crippen MR) is 74.6 cm³/mol. The number of hydrogen-bond acceptors (Lipinski definition) is 1. The van der Waals surface area contributed by atoms with Crippen LogP contribution in [0.5, 0.6) is 0 Å². The largest absolute Gasteiger partial charge is 0.330 e. The van der Waals surface area contributed by atoms with Gasteiger partial charge in [0, 0.05) is 6.54 Å². The zero-order chi connectivity index (χ0) is 12.4. The van der Waals surface area contributed by atoms with Gasteiger partial charge >= 0.3 is 0 Å². The molecule has 2 aromatic carbocycles. The Labute approximate surface area is 107 Å². The third-order valence-corrected chi connectivity index (χ3v) is 3.26. The number of fused-ring (bicyclic) bond motifs is 1. The van der Waals surface area contributed by atoms with Crippen LogP contribution in [-0.4, -0.2) is 9.55 Å². The van der Waals surface area contributed by atoms with E-state index in [1.807, 2.05) is 6.33 Å². The monoisotopic (exact) mass is 236 g/mol. The van der Waals surface area contributed by atoms with E-state index in [2.05, 4.69) is 65.0 Å². The standard InChI is InChI=1S/C16H16N2/c1-13-7-8-16-15(11-13)17-12-18(16)10-9-14-5-3-2-4-6-14/h2-8,11-12H,9-10H2,1H3. The third-order valence-electron chi connectivity index (χ3n) is 3.26. The van der Waals surface area contributed by atoms with E-state index in [1.165, 1.54) is 16.6 Å². The third kappa shape index (κ3) is 2.14. The molecule has 1 heterocycles. The highest BCUT2D eigenvalue weighted by Gasteiger charge is 2.02. The average molecular weight is 236 g/mol. The normalized spacial score (nSPS) is 10.9. The zero-order valence-electron chi connectivity index (χ0n) is 10.5. The van der Waals surface area contributed by atoms with E-state index < -0.39 is 0 Å². The Morgan fingerprint density at radius 3 is 2.72 bits per heavy atom. The van der Waals surface area contributed by atoms with Gasteiger partial charge < -0.3 is 4.57 Å². The molecule has 0 saturated heterocycles. The van der Waals surface area contributed by atoms with Crippen molar-refractivity contribution in [3.63, 3.8) is 0 Å². The van der Waals surface area contributed by atoms with Crippen LogP contribution >= 0.6 is 0 Å². The van der Waals surface area contributed by atoms with Gasteiger partial charge in [-0.2, -0.15) is 0 Å². The van der Waals surface area contributed by atoms with Crippen LogP contribution in [-0.2, 0) is 13.0 Å². The summed E-state index contributed by atoms with van der Waals surface area (Å²) in [7, 11) is 0. The highest BCUT2D eigenvalue weighted by atomic mass is 15.0. The molecule has 0 amide bonds. The highest BCUT2D eigenvalue weighted by Crippen LogP contribution is 2.15. The Morgan fingerprint density at radius 2 is 1.89 bits per heavy atom. The molecule has 0 radical (unpaired) electrons. The van der Waals surface area contributed by atoms with E-state index in [4.69, 9.17) is 0 Å². The number of imidazole rings is 1. The molecule has 90 valence electrons. The minimum Gasteiger partial charge on any atom is -0.330 e. The van der Waals surface area contributed by atoms with Gasteiger partial charge in [-0.3, -0.25) is 0 Å². The van der Waals surface area contributed by atoms with Crippen molar-refractivity contribution in [2.45, 2.75) is 19.9 Å². The summed E-state index contributed by atoms with van der Waals surface area (Å²) in [6.07, 6.45) is 2.98. The fourth-order valence-corrected chi connectivity index (χ4v) is 2.25. The smallest absolute Gasteiger partial charge is 0.0958 e. The molecule has 18 heavy (non-hydrogen) atoms. The quantitative estimate of drug-likeness (QED) is 0.679. The number of hydrogen-bond donors (Lipinski definition) is 0. The molecule has 0 spiro atoms. The highest BCUT2D eigenvalue weighted by molar-refractivity contribution is 5.75. The summed E-state index contributed by atoms with van der Waals surface area (Å²) in [5.41, 5.74) is 4.93. The first-order chi connectivity index (χ1) is 8.83. The van der Waals surface area contributed by atoms with Crippen LogP contribution in [0.2, 0.25) is 0 Å². The topological polar surface area (TPSA) is 17.8 Å². The van der Waals surface area contributed by atoms with E-state index in [1.54, 1.807) is 0 Å². The maximum Gasteiger partial charge on any atom is 0.0958 e. The van der Waals surface area contributed by atoms with Crippen LogP contribution in [0, 0.1) is 6.92 Å². The van der Waals surface area contributed by atoms with Crippen molar-refractivity contribution in [2.24, 2.45) is 0 Å². The zero-order valence-corrected chi connectivity index (χ0v) is 10.5. The van der Waals surface area contributed by atoms with E-state index in [9.17, 15) is 0 Å². The first-order valence-corrected chi connectivity index (χ1v) is 6.28. The van der Waals surface area contributed by atoms with Crippen LogP contribution in [0.15, 0.2) is 54.9 Å². The van der Waals surface area contributed by atoms with Crippen LogP contribution in [0.1, 0.15) is 11.1 Å². The summed E-state index contributed by atoms with van der Waals surface area (Å²) < 4.78 is 2.22. The molecule has 1 aromatic heterocycles. The second-order valence-electron chi connectivity index (χ2n) is 4.67. The predicted octanol–water partition coefficient (Wildman–Crippen LogP) is 3.59. The molecule has 0 bridgehead atoms. The second kappa shape index (κ2) is 4.65. The molecular weight excluding hydrogens is 220 g/mol. The van der Waals surface area contributed by atoms with Crippen molar-refractivity contribution in [2.75, 3.05) is 0 Å². The summed E-state index contributed by atoms with van der Waals surface area (Å²) in [6, 6.07) is 17.0. The van der Waals surface area contributed by atoms with Gasteiger partial charge in [-0.1, -0.05) is 36.4 Å². The molecule has 0 aliphatic carbocycles. The van der Waals surface area contributed by atoms with E-state index in [0.29, 0.717) is 0 Å². The Bertz CT molecular complexity index is 653. The lowest BCUT2D eigenvalue weighted by Gasteiger charge is -2.04. The van der Waals surface area contributed by atoms with Crippen molar-refractivity contribution in [1.29, 1.82) is 0 Å². The number of benzene rings is 2. The number of rotatable bonds is 3. The van der Waals surface area contributed by atoms with Crippen molar-refractivity contribution in [3.05, 3.63) is 66.0 Å². The molecule has 2 nitrogen and oxygen atoms in total. The Hall–Kier alpha value is -2.09. The van der Waals surface area contributed by atoms with Gasteiger partial charge in [0.15, 0.2) is 0 Å². The van der Waals surface area contributed by atoms with Gasteiger partial charge in [-0.05, 0) is 36.6 Å². The van der Waals surface area contributed by atoms with Gasteiger partial charge in [-0.15, -0.1) is 0 Å². The Balaban J connectivity index is 1.83. The molecule has 0 atom stereocenters. The molecule has 2 heteroatoms. The second-order valence-corrected chi connectivity index (χ2v) is 4.67. The van der Waals surface area contributed by atoms with Gasteiger partial charge in [0.25, 0.3) is 0 Å². The average Bonchev–Trinajstić information content (AvgIpc) is 2.80. The summed E-state index contributed by atoms with van der Waals surface area (Å²) in [5, 5.41) is 0. The molecule has 0 saturated carbocycles. The fraction of sp³-hybridized carbons (Fsp3) is 0.188. The lowest BCUT2D eigenvalue weighted by molar-refractivity contribution is 0.716. The molecule has 0 N–H and O–H groups in total. The molecule has 3 aromatic rings. The maximum atomic E-state index is 4.45. The molecule has 3 rings (SSSR count). The van der Waals surface area contributed by atoms with Crippen molar-refractivity contribution >= 4 is 11.0 Å². The lowest BCUT2D eigenvalue weighted by atomic mass is 10.1. The van der Waals surface area contributed by atoms with Crippen molar-refractivity contribution in [3.8, 4) is 0 Å². The van der Waals surface area contributed by atoms with Gasteiger partial charge in [0.2, 0.25) is 0 Å². The molecular formula is C16H16N2. The first-order valence-electron chi connectivity index (χ1n) is 6.28. The van der Waals surface area contributed by atoms with Crippen LogP contribution in [0.4, 0.5) is 0 Å². The van der Waals surface area contributed by atoms with E-state index >= 15 is 0 Å². The van der Waals surface area contributed by atoms with Crippen molar-refractivity contribution < 1.29 is 0 Å². The first kappa shape index (κ1) is 11.0. The summed E-state index contributed by atoms with van der Waals surface area (Å²) >= 11 is 0.